The van der Waals surface area contributed by atoms with Crippen molar-refractivity contribution >= 4 is 23.3 Å². The van der Waals surface area contributed by atoms with Crippen molar-refractivity contribution in [3.63, 3.8) is 0 Å². The Kier molecular flexibility index (Phi) is 5.08. The zero-order valence-electron chi connectivity index (χ0n) is 14.4. The molecule has 0 spiro atoms. The van der Waals surface area contributed by atoms with Gasteiger partial charge in [-0.25, -0.2) is 9.78 Å². The molecule has 0 aliphatic rings. The molecule has 0 aliphatic heterocycles. The highest BCUT2D eigenvalue weighted by Crippen LogP contribution is 2.16. The average Bonchev–Trinajstić information content (AvgIpc) is 2.92. The molecule has 2 heterocycles. The zero-order valence-corrected chi connectivity index (χ0v) is 14.4. The number of furan rings is 1. The van der Waals surface area contributed by atoms with Crippen molar-refractivity contribution in [2.45, 2.75) is 45.8 Å². The Labute approximate surface area is 136 Å². The van der Waals surface area contributed by atoms with Crippen molar-refractivity contribution in [3.05, 3.63) is 36.2 Å². The Hall–Kier alpha value is -2.30. The molecule has 5 heteroatoms. The van der Waals surface area contributed by atoms with Crippen LogP contribution in [0.25, 0.3) is 17.2 Å². The maximum atomic E-state index is 12.0. The van der Waals surface area contributed by atoms with Gasteiger partial charge in [0.2, 0.25) is 5.71 Å². The third-order valence-electron chi connectivity index (χ3n) is 3.46. The normalized spacial score (nSPS) is 13.4. The number of nitrogens with zero attached hydrogens (tertiary/aromatic N) is 2. The first-order valence-electron chi connectivity index (χ1n) is 7.72. The number of hydrogen-bond acceptors (Lipinski definition) is 4. The van der Waals surface area contributed by atoms with Crippen LogP contribution in [0.1, 0.15) is 39.7 Å². The highest BCUT2D eigenvalue weighted by molar-refractivity contribution is 5.75. The quantitative estimate of drug-likeness (QED) is 0.834. The van der Waals surface area contributed by atoms with Crippen LogP contribution in [0.3, 0.4) is 0 Å². The van der Waals surface area contributed by atoms with Gasteiger partial charge in [-0.1, -0.05) is 12.2 Å². The number of fused-ring (bicyclic) bond motifs is 1. The summed E-state index contributed by atoms with van der Waals surface area (Å²) in [6.45, 7) is 7.58. The smallest absolute Gasteiger partial charge is 0.410 e. The van der Waals surface area contributed by atoms with Gasteiger partial charge in [0.15, 0.2) is 0 Å². The minimum Gasteiger partial charge on any atom is -0.446 e. The van der Waals surface area contributed by atoms with Gasteiger partial charge in [-0.05, 0) is 51.8 Å². The average molecular weight is 316 g/mol. The summed E-state index contributed by atoms with van der Waals surface area (Å²) < 4.78 is 10.6. The van der Waals surface area contributed by atoms with Gasteiger partial charge in [0.05, 0.1) is 6.26 Å². The molecule has 5 nitrogen and oxygen atoms in total. The molecule has 0 aromatic carbocycles. The molecule has 1 unspecified atom stereocenters. The molecule has 2 aromatic rings. The Morgan fingerprint density at radius 1 is 1.48 bits per heavy atom. The summed E-state index contributed by atoms with van der Waals surface area (Å²) in [5, 5.41) is 0.978. The van der Waals surface area contributed by atoms with Gasteiger partial charge in [-0.15, -0.1) is 0 Å². The van der Waals surface area contributed by atoms with Gasteiger partial charge in [0.1, 0.15) is 5.60 Å². The zero-order chi connectivity index (χ0) is 17.0. The molecule has 0 aliphatic carbocycles. The largest absolute Gasteiger partial charge is 0.446 e. The molecule has 0 radical (unpaired) electrons. The van der Waals surface area contributed by atoms with E-state index in [1.807, 2.05) is 52.0 Å². The minimum absolute atomic E-state index is 0.0479. The molecule has 0 bridgehead atoms. The fourth-order valence-corrected chi connectivity index (χ4v) is 2.04. The Morgan fingerprint density at radius 2 is 2.22 bits per heavy atom. The number of ether oxygens (including phenoxy) is 1. The molecule has 0 fully saturated rings. The number of rotatable bonds is 4. The van der Waals surface area contributed by atoms with Crippen LogP contribution in [0, 0.1) is 0 Å². The van der Waals surface area contributed by atoms with Gasteiger partial charge in [-0.3, -0.25) is 0 Å². The topological polar surface area (TPSA) is 55.6 Å². The third-order valence-corrected chi connectivity index (χ3v) is 3.46. The van der Waals surface area contributed by atoms with E-state index in [1.54, 1.807) is 24.4 Å². The monoisotopic (exact) mass is 316 g/mol. The molecular formula is C18H24N2O3. The van der Waals surface area contributed by atoms with Crippen molar-refractivity contribution in [1.29, 1.82) is 0 Å². The predicted octanol–water partition coefficient (Wildman–Crippen LogP) is 4.49. The van der Waals surface area contributed by atoms with Gasteiger partial charge in [0, 0.05) is 24.7 Å². The van der Waals surface area contributed by atoms with E-state index in [9.17, 15) is 4.79 Å². The molecule has 1 amide bonds. The van der Waals surface area contributed by atoms with E-state index < -0.39 is 5.60 Å². The summed E-state index contributed by atoms with van der Waals surface area (Å²) in [6, 6.07) is 3.95. The number of pyridine rings is 1. The van der Waals surface area contributed by atoms with Crippen LogP contribution in [0.15, 0.2) is 35.1 Å². The van der Waals surface area contributed by atoms with Crippen LogP contribution in [-0.4, -0.2) is 34.7 Å². The second-order valence-corrected chi connectivity index (χ2v) is 6.66. The third kappa shape index (κ3) is 4.84. The molecule has 0 saturated heterocycles. The number of carbonyl (C=O) groups is 1. The van der Waals surface area contributed by atoms with Gasteiger partial charge in [-0.2, -0.15) is 0 Å². The first kappa shape index (κ1) is 17.1. The Morgan fingerprint density at radius 3 is 2.91 bits per heavy atom. The SMILES string of the molecule is CC(C/C=C/c1cnc2occc2c1)N(C)C(=O)OC(C)(C)C. The molecule has 2 aromatic heterocycles. The molecule has 124 valence electrons. The summed E-state index contributed by atoms with van der Waals surface area (Å²) in [5.41, 5.74) is 1.17. The fourth-order valence-electron chi connectivity index (χ4n) is 2.04. The Balaban J connectivity index is 1.92. The van der Waals surface area contributed by atoms with Crippen molar-refractivity contribution in [2.24, 2.45) is 0 Å². The first-order valence-corrected chi connectivity index (χ1v) is 7.72. The summed E-state index contributed by atoms with van der Waals surface area (Å²) in [4.78, 5) is 17.9. The Bertz CT molecular complexity index is 698. The van der Waals surface area contributed by atoms with E-state index in [-0.39, 0.29) is 12.1 Å². The van der Waals surface area contributed by atoms with Gasteiger partial charge in [0.25, 0.3) is 0 Å². The minimum atomic E-state index is -0.480. The molecule has 0 saturated carbocycles. The van der Waals surface area contributed by atoms with Crippen LogP contribution < -0.4 is 0 Å². The van der Waals surface area contributed by atoms with Crippen molar-refractivity contribution in [2.75, 3.05) is 7.05 Å². The highest BCUT2D eigenvalue weighted by atomic mass is 16.6. The van der Waals surface area contributed by atoms with Gasteiger partial charge < -0.3 is 14.1 Å². The van der Waals surface area contributed by atoms with Crippen LogP contribution in [0.2, 0.25) is 0 Å². The van der Waals surface area contributed by atoms with E-state index in [0.29, 0.717) is 5.71 Å². The maximum Gasteiger partial charge on any atom is 0.410 e. The van der Waals surface area contributed by atoms with Crippen LogP contribution in [0.4, 0.5) is 4.79 Å². The fraction of sp³-hybridized carbons (Fsp3) is 0.444. The first-order chi connectivity index (χ1) is 10.8. The van der Waals surface area contributed by atoms with Crippen LogP contribution in [-0.2, 0) is 4.74 Å². The summed E-state index contributed by atoms with van der Waals surface area (Å²) in [7, 11) is 1.76. The molecule has 1 atom stereocenters. The molecule has 0 N–H and O–H groups in total. The number of hydrogen-bond donors (Lipinski definition) is 0. The molecule has 2 rings (SSSR count). The molecular weight excluding hydrogens is 292 g/mol. The van der Waals surface area contributed by atoms with Gasteiger partial charge >= 0.3 is 6.09 Å². The number of aromatic nitrogens is 1. The van der Waals surface area contributed by atoms with E-state index in [1.165, 1.54) is 0 Å². The summed E-state index contributed by atoms with van der Waals surface area (Å²) >= 11 is 0. The predicted molar refractivity (Wildman–Crippen MR) is 91.1 cm³/mol. The highest BCUT2D eigenvalue weighted by Gasteiger charge is 2.22. The lowest BCUT2D eigenvalue weighted by molar-refractivity contribution is 0.0238. The number of carbonyl (C=O) groups excluding carboxylic acids is 1. The van der Waals surface area contributed by atoms with Crippen LogP contribution in [0.5, 0.6) is 0 Å². The second kappa shape index (κ2) is 6.86. The summed E-state index contributed by atoms with van der Waals surface area (Å²) in [5.74, 6) is 0. The van der Waals surface area contributed by atoms with E-state index in [0.717, 1.165) is 17.4 Å². The van der Waals surface area contributed by atoms with E-state index >= 15 is 0 Å². The van der Waals surface area contributed by atoms with E-state index in [2.05, 4.69) is 4.98 Å². The van der Waals surface area contributed by atoms with Crippen molar-refractivity contribution in [1.82, 2.24) is 9.88 Å². The standard InChI is InChI=1S/C18H24N2O3/c1-13(20(5)17(21)23-18(2,3)4)7-6-8-14-11-15-9-10-22-16(15)19-12-14/h6,8-13H,7H2,1-5H3/b8-6+. The van der Waals surface area contributed by atoms with E-state index in [4.69, 9.17) is 9.15 Å². The van der Waals surface area contributed by atoms with Crippen LogP contribution >= 0.6 is 0 Å². The lowest BCUT2D eigenvalue weighted by Crippen LogP contribution is -2.39. The maximum absolute atomic E-state index is 12.0. The molecule has 23 heavy (non-hydrogen) atoms. The summed E-state index contributed by atoms with van der Waals surface area (Å²) in [6.07, 6.45) is 7.86. The van der Waals surface area contributed by atoms with Crippen molar-refractivity contribution in [3.8, 4) is 0 Å². The number of amides is 1. The lowest BCUT2D eigenvalue weighted by atomic mass is 10.1. The van der Waals surface area contributed by atoms with Crippen molar-refractivity contribution < 1.29 is 13.9 Å². The lowest BCUT2D eigenvalue weighted by Gasteiger charge is -2.28. The second-order valence-electron chi connectivity index (χ2n) is 6.66.